The highest BCUT2D eigenvalue weighted by atomic mass is 19.1. The van der Waals surface area contributed by atoms with Crippen LogP contribution in [0.1, 0.15) is 26.3 Å². The normalized spacial score (nSPS) is 13.5. The Morgan fingerprint density at radius 3 is 2.19 bits per heavy atom. The Kier molecular flexibility index (Phi) is 3.17. The van der Waals surface area contributed by atoms with Crippen molar-refractivity contribution in [2.75, 3.05) is 7.11 Å². The molecule has 0 N–H and O–H groups in total. The number of ether oxygens (including phenoxy) is 1. The maximum atomic E-state index is 13.9. The van der Waals surface area contributed by atoms with Crippen molar-refractivity contribution in [3.63, 3.8) is 0 Å². The number of carbonyl (C=O) groups is 2. The van der Waals surface area contributed by atoms with Crippen LogP contribution in [-0.2, 0) is 6.54 Å². The van der Waals surface area contributed by atoms with Crippen LogP contribution in [0.25, 0.3) is 0 Å². The number of halogens is 1. The fraction of sp³-hybridized carbons (Fsp3) is 0.125. The summed E-state index contributed by atoms with van der Waals surface area (Å²) < 4.78 is 19.0. The lowest BCUT2D eigenvalue weighted by molar-refractivity contribution is 0.0640. The van der Waals surface area contributed by atoms with Crippen molar-refractivity contribution < 1.29 is 18.7 Å². The molecule has 2 aromatic carbocycles. The lowest BCUT2D eigenvalue weighted by Crippen LogP contribution is -2.29. The summed E-state index contributed by atoms with van der Waals surface area (Å²) in [5, 5.41) is 0. The van der Waals surface area contributed by atoms with Crippen molar-refractivity contribution in [3.8, 4) is 5.75 Å². The van der Waals surface area contributed by atoms with Crippen LogP contribution in [0.3, 0.4) is 0 Å². The van der Waals surface area contributed by atoms with E-state index in [1.54, 1.807) is 30.3 Å². The van der Waals surface area contributed by atoms with Crippen LogP contribution in [0, 0.1) is 5.82 Å². The van der Waals surface area contributed by atoms with Gasteiger partial charge >= 0.3 is 0 Å². The van der Waals surface area contributed by atoms with Gasteiger partial charge in [-0.25, -0.2) is 4.39 Å². The first-order chi connectivity index (χ1) is 10.1. The van der Waals surface area contributed by atoms with E-state index in [9.17, 15) is 14.0 Å². The van der Waals surface area contributed by atoms with E-state index in [0.29, 0.717) is 16.9 Å². The van der Waals surface area contributed by atoms with Crippen molar-refractivity contribution in [1.29, 1.82) is 0 Å². The molecule has 0 aliphatic carbocycles. The van der Waals surface area contributed by atoms with E-state index < -0.39 is 17.6 Å². The Morgan fingerprint density at radius 2 is 1.62 bits per heavy atom. The molecule has 0 unspecified atom stereocenters. The van der Waals surface area contributed by atoms with E-state index in [0.717, 1.165) is 4.90 Å². The summed E-state index contributed by atoms with van der Waals surface area (Å²) in [5.41, 5.74) is 0.880. The number of carbonyl (C=O) groups excluding carboxylic acids is 2. The van der Waals surface area contributed by atoms with Gasteiger partial charge in [0.25, 0.3) is 11.8 Å². The van der Waals surface area contributed by atoms with E-state index in [-0.39, 0.29) is 12.1 Å². The van der Waals surface area contributed by atoms with Crippen LogP contribution in [0.2, 0.25) is 0 Å². The van der Waals surface area contributed by atoms with Gasteiger partial charge in [0.2, 0.25) is 0 Å². The van der Waals surface area contributed by atoms with Crippen molar-refractivity contribution in [3.05, 3.63) is 65.0 Å². The summed E-state index contributed by atoms with van der Waals surface area (Å²) in [6, 6.07) is 10.9. The highest BCUT2D eigenvalue weighted by molar-refractivity contribution is 6.21. The van der Waals surface area contributed by atoms with Gasteiger partial charge in [0, 0.05) is 5.56 Å². The monoisotopic (exact) mass is 285 g/mol. The molecule has 0 saturated heterocycles. The molecule has 1 aliphatic rings. The maximum absolute atomic E-state index is 13.9. The third-order valence-corrected chi connectivity index (χ3v) is 3.49. The van der Waals surface area contributed by atoms with Crippen molar-refractivity contribution in [2.24, 2.45) is 0 Å². The molecule has 0 atom stereocenters. The molecule has 2 amide bonds. The number of hydrogen-bond donors (Lipinski definition) is 0. The summed E-state index contributed by atoms with van der Waals surface area (Å²) in [6.45, 7) is -0.151. The van der Waals surface area contributed by atoms with E-state index in [4.69, 9.17) is 4.74 Å². The number of imide groups is 1. The van der Waals surface area contributed by atoms with E-state index in [2.05, 4.69) is 0 Å². The molecule has 3 rings (SSSR count). The van der Waals surface area contributed by atoms with E-state index in [1.807, 2.05) is 0 Å². The highest BCUT2D eigenvalue weighted by Gasteiger charge is 2.35. The van der Waals surface area contributed by atoms with Crippen molar-refractivity contribution in [2.45, 2.75) is 6.54 Å². The predicted octanol–water partition coefficient (Wildman–Crippen LogP) is 2.63. The van der Waals surface area contributed by atoms with Gasteiger partial charge in [-0.15, -0.1) is 0 Å². The highest BCUT2D eigenvalue weighted by Crippen LogP contribution is 2.28. The Hall–Kier alpha value is -2.69. The summed E-state index contributed by atoms with van der Waals surface area (Å²) in [4.78, 5) is 25.6. The molecule has 21 heavy (non-hydrogen) atoms. The first-order valence-electron chi connectivity index (χ1n) is 6.40. The zero-order valence-electron chi connectivity index (χ0n) is 11.3. The van der Waals surface area contributed by atoms with Gasteiger partial charge in [-0.05, 0) is 24.3 Å². The third kappa shape index (κ3) is 2.07. The number of amides is 2. The smallest absolute Gasteiger partial charge is 0.261 e. The van der Waals surface area contributed by atoms with Gasteiger partial charge in [-0.1, -0.05) is 18.2 Å². The number of fused-ring (bicyclic) bond motifs is 1. The van der Waals surface area contributed by atoms with Crippen LogP contribution in [0.15, 0.2) is 42.5 Å². The molecule has 1 heterocycles. The minimum atomic E-state index is -0.508. The molecule has 5 heteroatoms. The van der Waals surface area contributed by atoms with Crippen LogP contribution < -0.4 is 4.74 Å². The van der Waals surface area contributed by atoms with Crippen LogP contribution in [-0.4, -0.2) is 23.8 Å². The topological polar surface area (TPSA) is 46.6 Å². The van der Waals surface area contributed by atoms with E-state index in [1.165, 1.54) is 19.2 Å². The zero-order chi connectivity index (χ0) is 15.0. The molecule has 4 nitrogen and oxygen atoms in total. The fourth-order valence-electron chi connectivity index (χ4n) is 2.42. The Labute approximate surface area is 120 Å². The molecule has 0 fully saturated rings. The van der Waals surface area contributed by atoms with Gasteiger partial charge in [0.15, 0.2) is 0 Å². The van der Waals surface area contributed by atoms with Crippen LogP contribution in [0.4, 0.5) is 4.39 Å². The molecule has 1 aliphatic heterocycles. The fourth-order valence-corrected chi connectivity index (χ4v) is 2.42. The SMILES string of the molecule is COc1cccc(F)c1CN1C(=O)c2ccccc2C1=O. The average molecular weight is 285 g/mol. The molecule has 0 spiro atoms. The average Bonchev–Trinajstić information content (AvgIpc) is 2.74. The zero-order valence-corrected chi connectivity index (χ0v) is 11.3. The standard InChI is InChI=1S/C16H12FNO3/c1-21-14-8-4-7-13(17)12(14)9-18-15(19)10-5-2-3-6-11(10)16(18)20/h2-8H,9H2,1H3. The minimum absolute atomic E-state index is 0.151. The first-order valence-corrected chi connectivity index (χ1v) is 6.40. The molecule has 106 valence electrons. The lowest BCUT2D eigenvalue weighted by atomic mass is 10.1. The summed E-state index contributed by atoms with van der Waals surface area (Å²) >= 11 is 0. The number of nitrogens with zero attached hydrogens (tertiary/aromatic N) is 1. The molecular weight excluding hydrogens is 273 g/mol. The molecule has 0 bridgehead atoms. The quantitative estimate of drug-likeness (QED) is 0.814. The molecule has 2 aromatic rings. The van der Waals surface area contributed by atoms with Gasteiger partial charge in [-0.2, -0.15) is 0 Å². The molecule has 0 saturated carbocycles. The number of methoxy groups -OCH3 is 1. The number of benzene rings is 2. The van der Waals surface area contributed by atoms with Gasteiger partial charge in [0.05, 0.1) is 24.8 Å². The van der Waals surface area contributed by atoms with Gasteiger partial charge < -0.3 is 4.74 Å². The predicted molar refractivity (Wildman–Crippen MR) is 73.6 cm³/mol. The Bertz CT molecular complexity index is 707. The summed E-state index contributed by atoms with van der Waals surface area (Å²) in [6.07, 6.45) is 0. The van der Waals surface area contributed by atoms with Crippen LogP contribution >= 0.6 is 0 Å². The summed E-state index contributed by atoms with van der Waals surface area (Å²) in [5.74, 6) is -1.03. The van der Waals surface area contributed by atoms with E-state index >= 15 is 0 Å². The van der Waals surface area contributed by atoms with Gasteiger partial charge in [-0.3, -0.25) is 14.5 Å². The molecule has 0 aromatic heterocycles. The number of rotatable bonds is 3. The van der Waals surface area contributed by atoms with Crippen LogP contribution in [0.5, 0.6) is 5.75 Å². The molecule has 0 radical (unpaired) electrons. The second-order valence-corrected chi connectivity index (χ2v) is 4.66. The first kappa shape index (κ1) is 13.3. The van der Waals surface area contributed by atoms with Gasteiger partial charge in [0.1, 0.15) is 11.6 Å². The number of hydrogen-bond acceptors (Lipinski definition) is 3. The largest absolute Gasteiger partial charge is 0.496 e. The third-order valence-electron chi connectivity index (χ3n) is 3.49. The van der Waals surface area contributed by atoms with Crippen molar-refractivity contribution >= 4 is 11.8 Å². The second-order valence-electron chi connectivity index (χ2n) is 4.66. The molecular formula is C16H12FNO3. The Morgan fingerprint density at radius 1 is 1.00 bits per heavy atom. The lowest BCUT2D eigenvalue weighted by Gasteiger charge is -2.16. The summed E-state index contributed by atoms with van der Waals surface area (Å²) in [7, 11) is 1.42. The Balaban J connectivity index is 1.98. The minimum Gasteiger partial charge on any atom is -0.496 e. The van der Waals surface area contributed by atoms with Crippen molar-refractivity contribution in [1.82, 2.24) is 4.90 Å². The second kappa shape index (κ2) is 5.01. The maximum Gasteiger partial charge on any atom is 0.261 e.